The molecule has 0 radical (unpaired) electrons. The molecule has 1 aliphatic heterocycles. The Morgan fingerprint density at radius 1 is 1.33 bits per heavy atom. The lowest BCUT2D eigenvalue weighted by atomic mass is 10.0. The lowest BCUT2D eigenvalue weighted by Crippen LogP contribution is -2.36. The Kier molecular flexibility index (Phi) is 4.21. The van der Waals surface area contributed by atoms with Crippen molar-refractivity contribution in [1.82, 2.24) is 0 Å². The molecule has 1 aromatic rings. The molecule has 8 heteroatoms. The predicted molar refractivity (Wildman–Crippen MR) is 71.7 cm³/mol. The highest BCUT2D eigenvalue weighted by Gasteiger charge is 2.49. The lowest BCUT2D eigenvalue weighted by Gasteiger charge is -2.29. The maximum absolute atomic E-state index is 12.8. The van der Waals surface area contributed by atoms with Crippen LogP contribution in [-0.2, 0) is 9.84 Å². The monoisotopic (exact) mass is 323 g/mol. The fourth-order valence-electron chi connectivity index (χ4n) is 2.63. The average Bonchev–Trinajstić information content (AvgIpc) is 2.78. The summed E-state index contributed by atoms with van der Waals surface area (Å²) in [7, 11) is -5.42. The third-order valence-corrected chi connectivity index (χ3v) is 5.37. The van der Waals surface area contributed by atoms with E-state index in [0.717, 1.165) is 6.07 Å². The fourth-order valence-corrected chi connectivity index (χ4v) is 3.60. The van der Waals surface area contributed by atoms with Gasteiger partial charge < -0.3 is 10.0 Å². The normalized spacial score (nSPS) is 23.6. The zero-order chi connectivity index (χ0) is 15.8. The Hall–Kier alpha value is -1.28. The molecule has 2 rings (SSSR count). The summed E-state index contributed by atoms with van der Waals surface area (Å²) in [5, 5.41) is 9.41. The maximum Gasteiger partial charge on any atom is 0.501 e. The van der Waals surface area contributed by atoms with Crippen molar-refractivity contribution in [3.05, 3.63) is 24.3 Å². The minimum atomic E-state index is -5.42. The Bertz CT molecular complexity index is 615. The van der Waals surface area contributed by atoms with Gasteiger partial charge in [-0.25, -0.2) is 8.42 Å². The van der Waals surface area contributed by atoms with Gasteiger partial charge in [-0.05, 0) is 24.5 Å². The molecule has 0 amide bonds. The average molecular weight is 323 g/mol. The van der Waals surface area contributed by atoms with E-state index in [1.165, 1.54) is 18.2 Å². The molecule has 0 saturated carbocycles. The Balaban J connectivity index is 2.53. The molecule has 1 aliphatic rings. The van der Waals surface area contributed by atoms with Crippen LogP contribution in [0.5, 0.6) is 0 Å². The second kappa shape index (κ2) is 5.49. The fraction of sp³-hybridized carbons (Fsp3) is 0.538. The van der Waals surface area contributed by atoms with Gasteiger partial charge in [0.2, 0.25) is 0 Å². The van der Waals surface area contributed by atoms with Crippen LogP contribution in [0.1, 0.15) is 13.3 Å². The number of hydrogen-bond donors (Lipinski definition) is 1. The quantitative estimate of drug-likeness (QED) is 0.926. The molecule has 0 aliphatic carbocycles. The van der Waals surface area contributed by atoms with Gasteiger partial charge >= 0.3 is 5.51 Å². The van der Waals surface area contributed by atoms with Gasteiger partial charge in [0.1, 0.15) is 0 Å². The van der Waals surface area contributed by atoms with E-state index < -0.39 is 20.2 Å². The van der Waals surface area contributed by atoms with E-state index in [4.69, 9.17) is 0 Å². The van der Waals surface area contributed by atoms with Crippen molar-refractivity contribution in [3.8, 4) is 0 Å². The Morgan fingerprint density at radius 2 is 1.95 bits per heavy atom. The third kappa shape index (κ3) is 2.74. The molecule has 1 N–H and O–H groups in total. The summed E-state index contributed by atoms with van der Waals surface area (Å²) < 4.78 is 61.7. The number of benzene rings is 1. The summed E-state index contributed by atoms with van der Waals surface area (Å²) >= 11 is 0. The topological polar surface area (TPSA) is 57.6 Å². The molecule has 0 aromatic heterocycles. The highest BCUT2D eigenvalue weighted by molar-refractivity contribution is 7.92. The van der Waals surface area contributed by atoms with Crippen LogP contribution >= 0.6 is 0 Å². The minimum Gasteiger partial charge on any atom is -0.394 e. The molecule has 1 saturated heterocycles. The molecular weight excluding hydrogens is 307 g/mol. The van der Waals surface area contributed by atoms with Crippen molar-refractivity contribution in [3.63, 3.8) is 0 Å². The number of aliphatic hydroxyl groups is 1. The first-order chi connectivity index (χ1) is 9.70. The zero-order valence-corrected chi connectivity index (χ0v) is 12.2. The maximum atomic E-state index is 12.8. The first kappa shape index (κ1) is 16.1. The molecule has 0 spiro atoms. The van der Waals surface area contributed by atoms with E-state index in [0.29, 0.717) is 13.0 Å². The van der Waals surface area contributed by atoms with E-state index in [-0.39, 0.29) is 24.3 Å². The lowest BCUT2D eigenvalue weighted by molar-refractivity contribution is -0.0435. The van der Waals surface area contributed by atoms with Crippen molar-refractivity contribution in [2.24, 2.45) is 5.92 Å². The molecule has 1 fully saturated rings. The van der Waals surface area contributed by atoms with Gasteiger partial charge in [0.15, 0.2) is 0 Å². The van der Waals surface area contributed by atoms with Crippen molar-refractivity contribution >= 4 is 15.5 Å². The van der Waals surface area contributed by atoms with E-state index in [1.54, 1.807) is 4.90 Å². The van der Waals surface area contributed by atoms with Crippen molar-refractivity contribution in [1.29, 1.82) is 0 Å². The number of alkyl halides is 3. The summed E-state index contributed by atoms with van der Waals surface area (Å²) in [6.07, 6.45) is 0.686. The Morgan fingerprint density at radius 3 is 2.52 bits per heavy atom. The van der Waals surface area contributed by atoms with E-state index in [2.05, 4.69) is 0 Å². The summed E-state index contributed by atoms with van der Waals surface area (Å²) in [5.41, 5.74) is -5.35. The third-order valence-electron chi connectivity index (χ3n) is 3.84. The van der Waals surface area contributed by atoms with Crippen LogP contribution in [0.3, 0.4) is 0 Å². The second-order valence-electron chi connectivity index (χ2n) is 5.13. The van der Waals surface area contributed by atoms with Crippen LogP contribution in [0.25, 0.3) is 0 Å². The number of sulfone groups is 1. The van der Waals surface area contributed by atoms with Crippen molar-refractivity contribution in [2.45, 2.75) is 29.8 Å². The summed E-state index contributed by atoms with van der Waals surface area (Å²) in [6, 6.07) is 4.67. The number of para-hydroxylation sites is 1. The van der Waals surface area contributed by atoms with Gasteiger partial charge in [-0.1, -0.05) is 19.1 Å². The largest absolute Gasteiger partial charge is 0.501 e. The van der Waals surface area contributed by atoms with Crippen LogP contribution in [0.15, 0.2) is 29.2 Å². The Labute approximate surface area is 121 Å². The second-order valence-corrected chi connectivity index (χ2v) is 7.04. The number of hydrogen-bond acceptors (Lipinski definition) is 4. The standard InChI is InChI=1S/C13H16F3NO3S/c1-9-6-7-17(11(9)8-18)10-4-2-3-5-12(10)21(19,20)13(14,15)16/h2-5,9,11,18H,6-8H2,1H3. The smallest absolute Gasteiger partial charge is 0.394 e. The molecular formula is C13H16F3NO3S. The van der Waals surface area contributed by atoms with Crippen LogP contribution in [-0.4, -0.2) is 38.2 Å². The number of anilines is 1. The minimum absolute atomic E-state index is 0.00164. The summed E-state index contributed by atoms with van der Waals surface area (Å²) in [4.78, 5) is 0.786. The van der Waals surface area contributed by atoms with Crippen molar-refractivity contribution in [2.75, 3.05) is 18.1 Å². The number of rotatable bonds is 3. The molecule has 2 unspecified atom stereocenters. The first-order valence-electron chi connectivity index (χ1n) is 6.48. The van der Waals surface area contributed by atoms with Gasteiger partial charge in [-0.3, -0.25) is 0 Å². The van der Waals surface area contributed by atoms with Crippen LogP contribution in [0, 0.1) is 5.92 Å². The summed E-state index contributed by atoms with van der Waals surface area (Å²) in [5.74, 6) is 0.0802. The SMILES string of the molecule is CC1CCN(c2ccccc2S(=O)(=O)C(F)(F)F)C1CO. The summed E-state index contributed by atoms with van der Waals surface area (Å²) in [6.45, 7) is 2.06. The van der Waals surface area contributed by atoms with E-state index >= 15 is 0 Å². The molecule has 1 heterocycles. The van der Waals surface area contributed by atoms with Crippen LogP contribution in [0.4, 0.5) is 18.9 Å². The predicted octanol–water partition coefficient (Wildman–Crippen LogP) is 2.19. The first-order valence-corrected chi connectivity index (χ1v) is 7.96. The molecule has 21 heavy (non-hydrogen) atoms. The number of halogens is 3. The van der Waals surface area contributed by atoms with Gasteiger partial charge in [-0.15, -0.1) is 0 Å². The molecule has 1 aromatic carbocycles. The van der Waals surface area contributed by atoms with Gasteiger partial charge in [-0.2, -0.15) is 13.2 Å². The van der Waals surface area contributed by atoms with Gasteiger partial charge in [0, 0.05) is 6.54 Å². The van der Waals surface area contributed by atoms with Gasteiger partial charge in [0.05, 0.1) is 23.2 Å². The van der Waals surface area contributed by atoms with Crippen LogP contribution in [0.2, 0.25) is 0 Å². The zero-order valence-electron chi connectivity index (χ0n) is 11.3. The number of nitrogens with zero attached hydrogens (tertiary/aromatic N) is 1. The molecule has 4 nitrogen and oxygen atoms in total. The molecule has 2 atom stereocenters. The molecule has 118 valence electrons. The highest BCUT2D eigenvalue weighted by atomic mass is 32.2. The van der Waals surface area contributed by atoms with Crippen molar-refractivity contribution < 1.29 is 26.7 Å². The van der Waals surface area contributed by atoms with E-state index in [9.17, 15) is 26.7 Å². The van der Waals surface area contributed by atoms with Crippen LogP contribution < -0.4 is 4.90 Å². The molecule has 0 bridgehead atoms. The number of aliphatic hydroxyl groups excluding tert-OH is 1. The highest BCUT2D eigenvalue weighted by Crippen LogP contribution is 2.39. The van der Waals surface area contributed by atoms with E-state index in [1.807, 2.05) is 6.92 Å². The van der Waals surface area contributed by atoms with Gasteiger partial charge in [0.25, 0.3) is 9.84 Å².